The number of hydrogen-bond donors (Lipinski definition) is 0. The highest BCUT2D eigenvalue weighted by molar-refractivity contribution is 9.08. The van der Waals surface area contributed by atoms with E-state index in [0.717, 1.165) is 4.68 Å². The van der Waals surface area contributed by atoms with E-state index in [0.29, 0.717) is 5.69 Å². The average Bonchev–Trinajstić information content (AvgIpc) is 2.78. The van der Waals surface area contributed by atoms with Gasteiger partial charge in [0.1, 0.15) is 0 Å². The van der Waals surface area contributed by atoms with Gasteiger partial charge in [0, 0.05) is 5.33 Å². The van der Waals surface area contributed by atoms with Crippen molar-refractivity contribution in [1.29, 1.82) is 0 Å². The summed E-state index contributed by atoms with van der Waals surface area (Å²) in [7, 11) is 1.32. The zero-order valence-electron chi connectivity index (χ0n) is 9.91. The van der Waals surface area contributed by atoms with E-state index in [1.165, 1.54) is 7.11 Å². The second kappa shape index (κ2) is 5.24. The molecule has 1 aromatic carbocycles. The second-order valence-corrected chi connectivity index (χ2v) is 4.28. The number of rotatable bonds is 3. The summed E-state index contributed by atoms with van der Waals surface area (Å²) in [5.41, 5.74) is -0.444. The van der Waals surface area contributed by atoms with E-state index < -0.39 is 11.9 Å². The lowest BCUT2D eigenvalue weighted by Crippen LogP contribution is -2.09. The first-order valence-electron chi connectivity index (χ1n) is 5.33. The Balaban J connectivity index is 2.66. The number of aromatic nitrogens is 2. The number of nitrogens with zero attached hydrogens (tertiary/aromatic N) is 2. The Kier molecular flexibility index (Phi) is 3.84. The maximum absolute atomic E-state index is 12.9. The van der Waals surface area contributed by atoms with Gasteiger partial charge < -0.3 is 4.74 Å². The molecule has 102 valence electrons. The number of benzene rings is 1. The van der Waals surface area contributed by atoms with Gasteiger partial charge >= 0.3 is 6.18 Å². The molecule has 0 radical (unpaired) electrons. The van der Waals surface area contributed by atoms with Crippen molar-refractivity contribution < 1.29 is 17.9 Å². The summed E-state index contributed by atoms with van der Waals surface area (Å²) < 4.78 is 45.0. The van der Waals surface area contributed by atoms with Crippen molar-refractivity contribution in [2.75, 3.05) is 7.11 Å². The molecule has 0 saturated heterocycles. The third kappa shape index (κ3) is 2.60. The van der Waals surface area contributed by atoms with Crippen molar-refractivity contribution in [2.24, 2.45) is 0 Å². The molecule has 2 rings (SSSR count). The Bertz CT molecular complexity index is 566. The topological polar surface area (TPSA) is 27.1 Å². The van der Waals surface area contributed by atoms with Gasteiger partial charge in [-0.25, -0.2) is 4.68 Å². The first kappa shape index (κ1) is 13.9. The maximum atomic E-state index is 12.9. The molecule has 0 aliphatic heterocycles. The number of hydrogen-bond acceptors (Lipinski definition) is 2. The van der Waals surface area contributed by atoms with Crippen LogP contribution in [0.5, 0.6) is 5.88 Å². The molecule has 2 aromatic rings. The SMILES string of the molecule is COc1c(CBr)c(C(F)(F)F)nn1-c1ccccc1. The molecular formula is C12H10BrF3N2O. The van der Waals surface area contributed by atoms with E-state index in [1.807, 2.05) is 0 Å². The number of halogens is 4. The Morgan fingerprint density at radius 2 is 1.89 bits per heavy atom. The smallest absolute Gasteiger partial charge is 0.435 e. The van der Waals surface area contributed by atoms with Crippen molar-refractivity contribution in [1.82, 2.24) is 9.78 Å². The first-order chi connectivity index (χ1) is 8.99. The molecule has 3 nitrogen and oxygen atoms in total. The van der Waals surface area contributed by atoms with Crippen LogP contribution >= 0.6 is 15.9 Å². The monoisotopic (exact) mass is 334 g/mol. The number of ether oxygens (including phenoxy) is 1. The fraction of sp³-hybridized carbons (Fsp3) is 0.250. The van der Waals surface area contributed by atoms with Gasteiger partial charge in [0.2, 0.25) is 5.88 Å². The van der Waals surface area contributed by atoms with Gasteiger partial charge in [-0.05, 0) is 12.1 Å². The van der Waals surface area contributed by atoms with Crippen molar-refractivity contribution in [3.63, 3.8) is 0 Å². The molecule has 1 aromatic heterocycles. The normalized spacial score (nSPS) is 11.6. The average molecular weight is 335 g/mol. The summed E-state index contributed by atoms with van der Waals surface area (Å²) in [5.74, 6) is 0.0791. The lowest BCUT2D eigenvalue weighted by atomic mass is 10.2. The molecule has 0 saturated carbocycles. The molecular weight excluding hydrogens is 325 g/mol. The molecule has 0 amide bonds. The zero-order valence-corrected chi connectivity index (χ0v) is 11.5. The molecule has 0 spiro atoms. The highest BCUT2D eigenvalue weighted by Crippen LogP contribution is 2.37. The van der Waals surface area contributed by atoms with Gasteiger partial charge in [-0.3, -0.25) is 0 Å². The predicted molar refractivity (Wildman–Crippen MR) is 67.7 cm³/mol. The molecule has 0 aliphatic rings. The summed E-state index contributed by atoms with van der Waals surface area (Å²) in [6.07, 6.45) is -4.52. The molecule has 1 heterocycles. The minimum atomic E-state index is -4.52. The molecule has 19 heavy (non-hydrogen) atoms. The molecule has 0 bridgehead atoms. The minimum absolute atomic E-state index is 0.0118. The van der Waals surface area contributed by atoms with E-state index in [4.69, 9.17) is 4.74 Å². The quantitative estimate of drug-likeness (QED) is 0.798. The standard InChI is InChI=1S/C12H10BrF3N2O/c1-19-11-9(7-13)10(12(14,15)16)17-18(11)8-5-3-2-4-6-8/h2-6H,7H2,1H3. The van der Waals surface area contributed by atoms with Crippen LogP contribution in [0.3, 0.4) is 0 Å². The van der Waals surface area contributed by atoms with Crippen molar-refractivity contribution in [2.45, 2.75) is 11.5 Å². The van der Waals surface area contributed by atoms with Crippen LogP contribution in [0.4, 0.5) is 13.2 Å². The van der Waals surface area contributed by atoms with Gasteiger partial charge in [0.05, 0.1) is 18.4 Å². The number of para-hydroxylation sites is 1. The highest BCUT2D eigenvalue weighted by atomic mass is 79.9. The lowest BCUT2D eigenvalue weighted by Gasteiger charge is -2.06. The summed E-state index contributed by atoms with van der Waals surface area (Å²) in [5, 5.41) is 3.64. The fourth-order valence-electron chi connectivity index (χ4n) is 1.74. The number of alkyl halides is 4. The van der Waals surface area contributed by atoms with Gasteiger partial charge in [-0.15, -0.1) is 0 Å². The lowest BCUT2D eigenvalue weighted by molar-refractivity contribution is -0.141. The third-order valence-corrected chi connectivity index (χ3v) is 3.09. The zero-order chi connectivity index (χ0) is 14.0. The van der Waals surface area contributed by atoms with Crippen LogP contribution in [0.1, 0.15) is 11.3 Å². The Labute approximate surface area is 116 Å². The van der Waals surface area contributed by atoms with E-state index in [-0.39, 0.29) is 16.8 Å². The Morgan fingerprint density at radius 3 is 2.37 bits per heavy atom. The van der Waals surface area contributed by atoms with Gasteiger partial charge in [0.15, 0.2) is 5.69 Å². The first-order valence-corrected chi connectivity index (χ1v) is 6.45. The Hall–Kier alpha value is -1.50. The van der Waals surface area contributed by atoms with Crippen LogP contribution in [0.15, 0.2) is 30.3 Å². The van der Waals surface area contributed by atoms with Crippen LogP contribution in [-0.2, 0) is 11.5 Å². The minimum Gasteiger partial charge on any atom is -0.481 e. The molecule has 7 heteroatoms. The summed E-state index contributed by atoms with van der Waals surface area (Å²) in [4.78, 5) is 0. The molecule has 0 aliphatic carbocycles. The molecule has 0 N–H and O–H groups in total. The molecule has 0 unspecified atom stereocenters. The van der Waals surface area contributed by atoms with Crippen LogP contribution in [0, 0.1) is 0 Å². The predicted octanol–water partition coefficient (Wildman–Crippen LogP) is 3.79. The molecule has 0 atom stereocenters. The summed E-state index contributed by atoms with van der Waals surface area (Å²) in [6, 6.07) is 8.53. The Morgan fingerprint density at radius 1 is 1.26 bits per heavy atom. The summed E-state index contributed by atoms with van der Waals surface area (Å²) in [6.45, 7) is 0. The maximum Gasteiger partial charge on any atom is 0.435 e. The largest absolute Gasteiger partial charge is 0.481 e. The number of methoxy groups -OCH3 is 1. The van der Waals surface area contributed by atoms with Crippen molar-refractivity contribution in [3.05, 3.63) is 41.6 Å². The molecule has 0 fully saturated rings. The van der Waals surface area contributed by atoms with E-state index >= 15 is 0 Å². The van der Waals surface area contributed by atoms with E-state index in [1.54, 1.807) is 30.3 Å². The van der Waals surface area contributed by atoms with Crippen LogP contribution < -0.4 is 4.74 Å². The van der Waals surface area contributed by atoms with Crippen molar-refractivity contribution in [3.8, 4) is 11.6 Å². The highest BCUT2D eigenvalue weighted by Gasteiger charge is 2.39. The van der Waals surface area contributed by atoms with Gasteiger partial charge in [-0.1, -0.05) is 34.1 Å². The van der Waals surface area contributed by atoms with Gasteiger partial charge in [-0.2, -0.15) is 18.3 Å². The van der Waals surface area contributed by atoms with Crippen LogP contribution in [0.2, 0.25) is 0 Å². The van der Waals surface area contributed by atoms with E-state index in [9.17, 15) is 13.2 Å². The van der Waals surface area contributed by atoms with Crippen LogP contribution in [-0.4, -0.2) is 16.9 Å². The van der Waals surface area contributed by atoms with Gasteiger partial charge in [0.25, 0.3) is 0 Å². The van der Waals surface area contributed by atoms with Crippen LogP contribution in [0.25, 0.3) is 5.69 Å². The summed E-state index contributed by atoms with van der Waals surface area (Å²) >= 11 is 3.05. The van der Waals surface area contributed by atoms with E-state index in [2.05, 4.69) is 21.0 Å². The fourth-order valence-corrected chi connectivity index (χ4v) is 2.24. The second-order valence-electron chi connectivity index (χ2n) is 3.72. The third-order valence-electron chi connectivity index (χ3n) is 2.53. The van der Waals surface area contributed by atoms with Crippen molar-refractivity contribution >= 4 is 15.9 Å².